The van der Waals surface area contributed by atoms with Crippen LogP contribution in [0.1, 0.15) is 11.1 Å². The second-order valence-corrected chi connectivity index (χ2v) is 3.10. The smallest absolute Gasteiger partial charge is 0.227 e. The van der Waals surface area contributed by atoms with Gasteiger partial charge in [0.2, 0.25) is 6.41 Å². The molecule has 0 unspecified atom stereocenters. The normalized spacial score (nSPS) is 9.88. The van der Waals surface area contributed by atoms with E-state index in [2.05, 4.69) is 20.6 Å². The molecule has 1 aromatic carbocycles. The average Bonchev–Trinajstić information content (AvgIpc) is 2.33. The third-order valence-corrected chi connectivity index (χ3v) is 1.99. The Kier molecular flexibility index (Phi) is 5.06. The zero-order chi connectivity index (χ0) is 12.5. The molecule has 1 aromatic rings. The average molecular weight is 233 g/mol. The SMILES string of the molecule is [N-]=[N+]=NCCc1ccc(O)c(/C=N/NC=O)c1. The number of phenols is 1. The fraction of sp³-hybridized carbons (Fsp3) is 0.200. The third kappa shape index (κ3) is 4.23. The highest BCUT2D eigenvalue weighted by Crippen LogP contribution is 2.16. The highest BCUT2D eigenvalue weighted by molar-refractivity contribution is 5.83. The van der Waals surface area contributed by atoms with Gasteiger partial charge in [0, 0.05) is 17.0 Å². The van der Waals surface area contributed by atoms with Crippen molar-refractivity contribution in [3.8, 4) is 5.75 Å². The summed E-state index contributed by atoms with van der Waals surface area (Å²) in [6, 6.07) is 4.96. The number of hydrogen-bond acceptors (Lipinski definition) is 4. The molecule has 0 spiro atoms. The predicted molar refractivity (Wildman–Crippen MR) is 62.6 cm³/mol. The van der Waals surface area contributed by atoms with Gasteiger partial charge in [0.15, 0.2) is 0 Å². The number of carbonyl (C=O) groups is 1. The largest absolute Gasteiger partial charge is 0.507 e. The monoisotopic (exact) mass is 233 g/mol. The molecule has 1 amide bonds. The summed E-state index contributed by atoms with van der Waals surface area (Å²) in [6.45, 7) is 0.352. The molecule has 17 heavy (non-hydrogen) atoms. The van der Waals surface area contributed by atoms with Gasteiger partial charge < -0.3 is 5.11 Å². The maximum Gasteiger partial charge on any atom is 0.227 e. The van der Waals surface area contributed by atoms with Crippen molar-refractivity contribution in [1.82, 2.24) is 5.43 Å². The second-order valence-electron chi connectivity index (χ2n) is 3.10. The highest BCUT2D eigenvalue weighted by Gasteiger charge is 2.00. The predicted octanol–water partition coefficient (Wildman–Crippen LogP) is 1.32. The molecule has 0 aliphatic rings. The maximum atomic E-state index is 9.99. The van der Waals surface area contributed by atoms with Crippen molar-refractivity contribution in [1.29, 1.82) is 0 Å². The first kappa shape index (κ1) is 12.5. The van der Waals surface area contributed by atoms with Crippen molar-refractivity contribution in [3.05, 3.63) is 39.8 Å². The molecule has 0 atom stereocenters. The molecule has 0 aliphatic carbocycles. The van der Waals surface area contributed by atoms with E-state index in [0.717, 1.165) is 5.56 Å². The number of azide groups is 1. The number of phenolic OH excluding ortho intramolecular Hbond substituents is 1. The Bertz CT molecular complexity index is 466. The van der Waals surface area contributed by atoms with Gasteiger partial charge in [0.1, 0.15) is 5.75 Å². The quantitative estimate of drug-likeness (QED) is 0.193. The van der Waals surface area contributed by atoms with E-state index in [1.807, 2.05) is 0 Å². The molecule has 0 heterocycles. The lowest BCUT2D eigenvalue weighted by atomic mass is 10.1. The molecule has 0 saturated carbocycles. The lowest BCUT2D eigenvalue weighted by Gasteiger charge is -2.02. The first-order valence-electron chi connectivity index (χ1n) is 4.83. The van der Waals surface area contributed by atoms with Crippen molar-refractivity contribution in [2.24, 2.45) is 10.2 Å². The molecule has 7 nitrogen and oxygen atoms in total. The molecule has 0 fully saturated rings. The number of carbonyl (C=O) groups excluding carboxylic acids is 1. The molecule has 0 saturated heterocycles. The van der Waals surface area contributed by atoms with Crippen LogP contribution in [-0.2, 0) is 11.2 Å². The van der Waals surface area contributed by atoms with Gasteiger partial charge in [0.25, 0.3) is 0 Å². The number of nitrogens with one attached hydrogen (secondary N) is 1. The van der Waals surface area contributed by atoms with Crippen LogP contribution in [0.2, 0.25) is 0 Å². The molecule has 2 N–H and O–H groups in total. The zero-order valence-corrected chi connectivity index (χ0v) is 8.95. The Morgan fingerprint density at radius 1 is 1.53 bits per heavy atom. The van der Waals surface area contributed by atoms with E-state index in [0.29, 0.717) is 24.9 Å². The number of rotatable bonds is 6. The van der Waals surface area contributed by atoms with Gasteiger partial charge in [-0.25, -0.2) is 5.43 Å². The number of hydrogen-bond donors (Lipinski definition) is 2. The van der Waals surface area contributed by atoms with Crippen LogP contribution in [0.5, 0.6) is 5.75 Å². The molecular weight excluding hydrogens is 222 g/mol. The van der Waals surface area contributed by atoms with E-state index in [1.165, 1.54) is 12.3 Å². The summed E-state index contributed by atoms with van der Waals surface area (Å²) in [6.07, 6.45) is 2.34. The van der Waals surface area contributed by atoms with Crippen LogP contribution in [0.15, 0.2) is 28.4 Å². The summed E-state index contributed by atoms with van der Waals surface area (Å²) in [7, 11) is 0. The van der Waals surface area contributed by atoms with Gasteiger partial charge in [-0.1, -0.05) is 11.2 Å². The van der Waals surface area contributed by atoms with Crippen LogP contribution >= 0.6 is 0 Å². The van der Waals surface area contributed by atoms with Crippen LogP contribution in [0.3, 0.4) is 0 Å². The molecule has 0 aliphatic heterocycles. The van der Waals surface area contributed by atoms with Crippen LogP contribution in [0, 0.1) is 0 Å². The lowest BCUT2D eigenvalue weighted by Crippen LogP contribution is -2.01. The number of hydrazone groups is 1. The van der Waals surface area contributed by atoms with Gasteiger partial charge in [-0.15, -0.1) is 0 Å². The summed E-state index contributed by atoms with van der Waals surface area (Å²) in [4.78, 5) is 12.6. The van der Waals surface area contributed by atoms with Crippen molar-refractivity contribution in [2.75, 3.05) is 6.54 Å². The van der Waals surface area contributed by atoms with Gasteiger partial charge in [-0.3, -0.25) is 4.79 Å². The third-order valence-electron chi connectivity index (χ3n) is 1.99. The Morgan fingerprint density at radius 3 is 3.06 bits per heavy atom. The second kappa shape index (κ2) is 6.86. The van der Waals surface area contributed by atoms with Crippen molar-refractivity contribution < 1.29 is 9.90 Å². The molecule has 88 valence electrons. The maximum absolute atomic E-state index is 9.99. The van der Waals surface area contributed by atoms with Gasteiger partial charge >= 0.3 is 0 Å². The van der Waals surface area contributed by atoms with Crippen molar-refractivity contribution in [3.63, 3.8) is 0 Å². The minimum atomic E-state index is 0.0639. The summed E-state index contributed by atoms with van der Waals surface area (Å²) in [5.74, 6) is 0.0639. The highest BCUT2D eigenvalue weighted by atomic mass is 16.3. The standard InChI is InChI=1S/C10H11N5O2/c11-15-12-4-3-8-1-2-10(17)9(5-8)6-13-14-7-16/h1-2,5-7,17H,3-4H2,(H,14,16)/b13-6+. The number of nitrogens with zero attached hydrogens (tertiary/aromatic N) is 4. The first-order chi connectivity index (χ1) is 8.27. The fourth-order valence-corrected chi connectivity index (χ4v) is 1.22. The Morgan fingerprint density at radius 2 is 2.35 bits per heavy atom. The van der Waals surface area contributed by atoms with Crippen molar-refractivity contribution >= 4 is 12.6 Å². The van der Waals surface area contributed by atoms with E-state index < -0.39 is 0 Å². The Hall–Kier alpha value is -2.53. The van der Waals surface area contributed by atoms with Crippen molar-refractivity contribution in [2.45, 2.75) is 6.42 Å². The van der Waals surface area contributed by atoms with E-state index in [-0.39, 0.29) is 5.75 Å². The van der Waals surface area contributed by atoms with Gasteiger partial charge in [-0.05, 0) is 29.6 Å². The van der Waals surface area contributed by atoms with Crippen LogP contribution < -0.4 is 5.43 Å². The first-order valence-corrected chi connectivity index (χ1v) is 4.83. The minimum Gasteiger partial charge on any atom is -0.507 e. The summed E-state index contributed by atoms with van der Waals surface area (Å²) in [5, 5.41) is 16.5. The zero-order valence-electron chi connectivity index (χ0n) is 8.95. The van der Waals surface area contributed by atoms with E-state index in [4.69, 9.17) is 5.53 Å². The summed E-state index contributed by atoms with van der Waals surface area (Å²) in [5.41, 5.74) is 11.6. The number of benzene rings is 1. The molecule has 1 rings (SSSR count). The lowest BCUT2D eigenvalue weighted by molar-refractivity contribution is -0.109. The van der Waals surface area contributed by atoms with Crippen LogP contribution in [0.25, 0.3) is 10.4 Å². The topological polar surface area (TPSA) is 110 Å². The summed E-state index contributed by atoms with van der Waals surface area (Å²) < 4.78 is 0. The molecule has 7 heteroatoms. The van der Waals surface area contributed by atoms with Gasteiger partial charge in [-0.2, -0.15) is 5.10 Å². The summed E-state index contributed by atoms with van der Waals surface area (Å²) >= 11 is 0. The molecule has 0 bridgehead atoms. The van der Waals surface area contributed by atoms with E-state index >= 15 is 0 Å². The van der Waals surface area contributed by atoms with Gasteiger partial charge in [0.05, 0.1) is 6.21 Å². The van der Waals surface area contributed by atoms with Crippen LogP contribution in [0.4, 0.5) is 0 Å². The van der Waals surface area contributed by atoms with E-state index in [1.54, 1.807) is 12.1 Å². The minimum absolute atomic E-state index is 0.0639. The Balaban J connectivity index is 2.78. The number of amides is 1. The molecule has 0 radical (unpaired) electrons. The Labute approximate surface area is 97.4 Å². The van der Waals surface area contributed by atoms with Crippen LogP contribution in [-0.4, -0.2) is 24.3 Å². The number of aromatic hydroxyl groups is 1. The fourth-order valence-electron chi connectivity index (χ4n) is 1.22. The molecule has 0 aromatic heterocycles. The molecular formula is C10H11N5O2. The van der Waals surface area contributed by atoms with E-state index in [9.17, 15) is 9.90 Å².